The summed E-state index contributed by atoms with van der Waals surface area (Å²) in [6, 6.07) is 7.96. The third-order valence-electron chi connectivity index (χ3n) is 2.23. The molecule has 0 aliphatic rings. The molecule has 0 aliphatic heterocycles. The molecule has 0 spiro atoms. The topological polar surface area (TPSA) is 26.3 Å². The molecule has 0 aromatic heterocycles. The minimum absolute atomic E-state index is 0.307. The Labute approximate surface area is 116 Å². The molecule has 0 saturated heterocycles. The van der Waals surface area contributed by atoms with E-state index in [4.69, 9.17) is 4.74 Å². The molecule has 0 atom stereocenters. The van der Waals surface area contributed by atoms with Crippen LogP contribution in [-0.2, 0) is 9.53 Å². The summed E-state index contributed by atoms with van der Waals surface area (Å²) in [4.78, 5) is 11.2. The van der Waals surface area contributed by atoms with Crippen LogP contribution in [0.25, 0.3) is 11.6 Å². The number of benzene rings is 1. The normalized spacial score (nSPS) is 11.8. The monoisotopic (exact) mass is 342 g/mol. The number of allylic oxidation sites excluding steroid dienone is 1. The first-order chi connectivity index (χ1) is 8.19. The van der Waals surface area contributed by atoms with Gasteiger partial charge in [0, 0.05) is 6.08 Å². The summed E-state index contributed by atoms with van der Waals surface area (Å²) in [5.41, 5.74) is 3.32. The lowest BCUT2D eigenvalue weighted by atomic mass is 10.0. The molecule has 0 bridgehead atoms. The smallest absolute Gasteiger partial charge is 0.330 e. The van der Waals surface area contributed by atoms with Crippen LogP contribution in [-0.4, -0.2) is 12.6 Å². The molecule has 0 radical (unpaired) electrons. The van der Waals surface area contributed by atoms with Crippen LogP contribution < -0.4 is 0 Å². The Hall–Kier alpha value is -1.10. The maximum absolute atomic E-state index is 11.2. The van der Waals surface area contributed by atoms with Crippen molar-refractivity contribution >= 4 is 40.2 Å². The van der Waals surface area contributed by atoms with Crippen LogP contribution in [0, 0.1) is 0 Å². The maximum Gasteiger partial charge on any atom is 0.330 e. The summed E-state index contributed by atoms with van der Waals surface area (Å²) in [5.74, 6) is -0.307. The van der Waals surface area contributed by atoms with Gasteiger partial charge in [-0.1, -0.05) is 46.9 Å². The Morgan fingerprint density at radius 1 is 1.41 bits per heavy atom. The molecule has 2 nitrogen and oxygen atoms in total. The minimum atomic E-state index is -0.307. The van der Waals surface area contributed by atoms with Gasteiger partial charge in [0.1, 0.15) is 0 Å². The largest absolute Gasteiger partial charge is 0.463 e. The summed E-state index contributed by atoms with van der Waals surface area (Å²) < 4.78 is 6.87. The number of halogens is 1. The van der Waals surface area contributed by atoms with Crippen LogP contribution in [0.3, 0.4) is 0 Å². The van der Waals surface area contributed by atoms with E-state index in [0.717, 1.165) is 11.1 Å². The van der Waals surface area contributed by atoms with Crippen molar-refractivity contribution < 1.29 is 9.53 Å². The third-order valence-corrected chi connectivity index (χ3v) is 3.17. The Kier molecular flexibility index (Phi) is 5.97. The van der Waals surface area contributed by atoms with Crippen molar-refractivity contribution in [2.75, 3.05) is 6.61 Å². The molecule has 1 aromatic rings. The van der Waals surface area contributed by atoms with Crippen molar-refractivity contribution in [1.29, 1.82) is 0 Å². The Bertz CT molecular complexity index is 447. The standard InChI is InChI=1S/C14H15IO2/c1-3-17-14(16)9-8-12-6-4-5-7-13(12)11(2)10-15/h4-10H,3H2,1-2H3/b9-8+,11-10+. The summed E-state index contributed by atoms with van der Waals surface area (Å²) in [7, 11) is 0. The number of rotatable bonds is 4. The lowest BCUT2D eigenvalue weighted by Gasteiger charge is -2.05. The number of esters is 1. The lowest BCUT2D eigenvalue weighted by Crippen LogP contribution is -1.98. The van der Waals surface area contributed by atoms with Gasteiger partial charge in [-0.15, -0.1) is 0 Å². The van der Waals surface area contributed by atoms with E-state index in [0.29, 0.717) is 6.61 Å². The Balaban J connectivity index is 2.95. The molecule has 0 heterocycles. The van der Waals surface area contributed by atoms with Crippen LogP contribution in [0.5, 0.6) is 0 Å². The second kappa shape index (κ2) is 7.27. The zero-order valence-electron chi connectivity index (χ0n) is 9.94. The van der Waals surface area contributed by atoms with E-state index in [1.54, 1.807) is 13.0 Å². The summed E-state index contributed by atoms with van der Waals surface area (Å²) in [6.45, 7) is 4.24. The van der Waals surface area contributed by atoms with Gasteiger partial charge >= 0.3 is 5.97 Å². The molecule has 0 fully saturated rings. The van der Waals surface area contributed by atoms with Gasteiger partial charge in [-0.25, -0.2) is 4.79 Å². The van der Waals surface area contributed by atoms with Crippen molar-refractivity contribution in [3.05, 3.63) is 45.6 Å². The van der Waals surface area contributed by atoms with Gasteiger partial charge in [-0.05, 0) is 40.7 Å². The van der Waals surface area contributed by atoms with Crippen molar-refractivity contribution in [3.63, 3.8) is 0 Å². The number of ether oxygens (including phenoxy) is 1. The van der Waals surface area contributed by atoms with Gasteiger partial charge in [0.15, 0.2) is 0 Å². The lowest BCUT2D eigenvalue weighted by molar-refractivity contribution is -0.137. The van der Waals surface area contributed by atoms with E-state index in [9.17, 15) is 4.79 Å². The molecule has 0 saturated carbocycles. The van der Waals surface area contributed by atoms with E-state index in [1.165, 1.54) is 11.6 Å². The van der Waals surface area contributed by atoms with Crippen LogP contribution in [0.4, 0.5) is 0 Å². The Morgan fingerprint density at radius 2 is 2.12 bits per heavy atom. The minimum Gasteiger partial charge on any atom is -0.463 e. The highest BCUT2D eigenvalue weighted by molar-refractivity contribution is 14.1. The van der Waals surface area contributed by atoms with Gasteiger partial charge in [0.2, 0.25) is 0 Å². The molecule has 3 heteroatoms. The first kappa shape index (κ1) is 14.0. The molecule has 0 unspecified atom stereocenters. The van der Waals surface area contributed by atoms with Gasteiger partial charge in [-0.2, -0.15) is 0 Å². The summed E-state index contributed by atoms with van der Waals surface area (Å²) >= 11 is 2.21. The van der Waals surface area contributed by atoms with Crippen molar-refractivity contribution in [2.45, 2.75) is 13.8 Å². The molecule has 0 N–H and O–H groups in total. The first-order valence-electron chi connectivity index (χ1n) is 5.40. The van der Waals surface area contributed by atoms with E-state index < -0.39 is 0 Å². The highest BCUT2D eigenvalue weighted by Gasteiger charge is 2.01. The maximum atomic E-state index is 11.2. The predicted molar refractivity (Wildman–Crippen MR) is 79.8 cm³/mol. The van der Waals surface area contributed by atoms with Crippen LogP contribution in [0.1, 0.15) is 25.0 Å². The van der Waals surface area contributed by atoms with Crippen molar-refractivity contribution in [1.82, 2.24) is 0 Å². The molecule has 0 amide bonds. The second-order valence-corrected chi connectivity index (χ2v) is 4.09. The van der Waals surface area contributed by atoms with E-state index in [2.05, 4.69) is 22.6 Å². The fourth-order valence-corrected chi connectivity index (χ4v) is 1.74. The van der Waals surface area contributed by atoms with E-state index in [-0.39, 0.29) is 5.97 Å². The molecule has 1 aromatic carbocycles. The average Bonchev–Trinajstić information content (AvgIpc) is 2.36. The van der Waals surface area contributed by atoms with Crippen LogP contribution in [0.2, 0.25) is 0 Å². The molecular weight excluding hydrogens is 327 g/mol. The van der Waals surface area contributed by atoms with Crippen molar-refractivity contribution in [2.24, 2.45) is 0 Å². The molecule has 17 heavy (non-hydrogen) atoms. The van der Waals surface area contributed by atoms with Crippen LogP contribution >= 0.6 is 22.6 Å². The molecule has 90 valence electrons. The van der Waals surface area contributed by atoms with Gasteiger partial charge < -0.3 is 4.74 Å². The highest BCUT2D eigenvalue weighted by atomic mass is 127. The van der Waals surface area contributed by atoms with Gasteiger partial charge in [0.05, 0.1) is 6.61 Å². The van der Waals surface area contributed by atoms with E-state index in [1.807, 2.05) is 35.3 Å². The van der Waals surface area contributed by atoms with Crippen LogP contribution in [0.15, 0.2) is 34.4 Å². The Morgan fingerprint density at radius 3 is 2.76 bits per heavy atom. The molecule has 1 rings (SSSR count). The average molecular weight is 342 g/mol. The summed E-state index contributed by atoms with van der Waals surface area (Å²) in [6.07, 6.45) is 3.25. The van der Waals surface area contributed by atoms with Gasteiger partial charge in [-0.3, -0.25) is 0 Å². The quantitative estimate of drug-likeness (QED) is 0.469. The second-order valence-electron chi connectivity index (χ2n) is 3.46. The van der Waals surface area contributed by atoms with Crippen molar-refractivity contribution in [3.8, 4) is 0 Å². The highest BCUT2D eigenvalue weighted by Crippen LogP contribution is 2.21. The number of hydrogen-bond donors (Lipinski definition) is 0. The number of carbonyl (C=O) groups is 1. The fraction of sp³-hybridized carbons (Fsp3) is 0.214. The predicted octanol–water partition coefficient (Wildman–Crippen LogP) is 4.06. The summed E-state index contributed by atoms with van der Waals surface area (Å²) in [5, 5.41) is 0. The zero-order valence-corrected chi connectivity index (χ0v) is 12.1. The first-order valence-corrected chi connectivity index (χ1v) is 6.64. The number of carbonyl (C=O) groups excluding carboxylic acids is 1. The zero-order chi connectivity index (χ0) is 12.7. The van der Waals surface area contributed by atoms with Gasteiger partial charge in [0.25, 0.3) is 0 Å². The third kappa shape index (κ3) is 4.34. The molecule has 0 aliphatic carbocycles. The SMILES string of the molecule is CCOC(=O)/C=C/c1ccccc1/C(C)=C/I. The fourth-order valence-electron chi connectivity index (χ4n) is 1.41. The molecular formula is C14H15IO2. The number of hydrogen-bond acceptors (Lipinski definition) is 2. The van der Waals surface area contributed by atoms with E-state index >= 15 is 0 Å².